The lowest BCUT2D eigenvalue weighted by Gasteiger charge is -2.35. The summed E-state index contributed by atoms with van der Waals surface area (Å²) in [4.78, 5) is 12.0. The number of fused-ring (bicyclic) bond motifs is 1. The van der Waals surface area contributed by atoms with Gasteiger partial charge in [0.05, 0.1) is 18.3 Å². The molecule has 0 aliphatic carbocycles. The van der Waals surface area contributed by atoms with Crippen LogP contribution in [-0.4, -0.2) is 45.7 Å². The van der Waals surface area contributed by atoms with Gasteiger partial charge in [-0.05, 0) is 31.4 Å². The molecule has 3 N–H and O–H groups in total. The zero-order valence-corrected chi connectivity index (χ0v) is 12.4. The van der Waals surface area contributed by atoms with Gasteiger partial charge in [-0.3, -0.25) is 0 Å². The molecule has 0 aromatic heterocycles. The molecule has 3 rings (SSSR count). The molecule has 2 heterocycles. The molecule has 4 atom stereocenters. The number of esters is 1. The average Bonchev–Trinajstić information content (AvgIpc) is 2.41. The number of phenolic OH excluding ortho intramolecular Hbond substituents is 2. The second kappa shape index (κ2) is 5.78. The summed E-state index contributed by atoms with van der Waals surface area (Å²) in [5.74, 6) is -0.976. The van der Waals surface area contributed by atoms with Crippen LogP contribution in [-0.2, 0) is 15.9 Å². The number of rotatable bonds is 2. The molecule has 2 aliphatic heterocycles. The predicted molar refractivity (Wildman–Crippen MR) is 76.9 cm³/mol. The minimum absolute atomic E-state index is 0.0769. The molecule has 0 amide bonds. The molecule has 0 saturated carbocycles. The van der Waals surface area contributed by atoms with E-state index in [0.717, 1.165) is 12.5 Å². The fourth-order valence-electron chi connectivity index (χ4n) is 3.21. The molecule has 0 unspecified atom stereocenters. The number of cyclic esters (lactones) is 1. The number of phenols is 2. The molecule has 1 aromatic carbocycles. The number of carbonyl (C=O) groups excluding carboxylic acids is 1. The van der Waals surface area contributed by atoms with E-state index in [1.54, 1.807) is 0 Å². The van der Waals surface area contributed by atoms with Gasteiger partial charge in [0, 0.05) is 18.9 Å². The minimum Gasteiger partial charge on any atom is -0.508 e. The fraction of sp³-hybridized carbons (Fsp3) is 0.562. The third-order valence-corrected chi connectivity index (χ3v) is 4.31. The molecule has 0 radical (unpaired) electrons. The second-order valence-electron chi connectivity index (χ2n) is 6.10. The van der Waals surface area contributed by atoms with E-state index >= 15 is 0 Å². The normalized spacial score (nSPS) is 31.5. The Morgan fingerprint density at radius 1 is 1.27 bits per heavy atom. The van der Waals surface area contributed by atoms with Crippen molar-refractivity contribution in [1.29, 1.82) is 0 Å². The number of hydrogen-bond donors (Lipinski definition) is 3. The molecule has 1 fully saturated rings. The Morgan fingerprint density at radius 2 is 2.05 bits per heavy atom. The summed E-state index contributed by atoms with van der Waals surface area (Å²) in [5.41, 5.74) is 0.657. The number of aliphatic hydroxyl groups is 1. The first kappa shape index (κ1) is 15.1. The molecule has 0 spiro atoms. The Balaban J connectivity index is 1.76. The van der Waals surface area contributed by atoms with Crippen molar-refractivity contribution in [2.45, 2.75) is 57.0 Å². The van der Waals surface area contributed by atoms with Crippen LogP contribution in [0.1, 0.15) is 42.1 Å². The zero-order valence-electron chi connectivity index (χ0n) is 12.4. The summed E-state index contributed by atoms with van der Waals surface area (Å²) in [6.45, 7) is 1.96. The molecule has 6 nitrogen and oxygen atoms in total. The highest BCUT2D eigenvalue weighted by Crippen LogP contribution is 2.34. The number of ether oxygens (including phenoxy) is 2. The molecule has 0 bridgehead atoms. The van der Waals surface area contributed by atoms with Crippen LogP contribution in [0.15, 0.2) is 12.1 Å². The first-order chi connectivity index (χ1) is 10.4. The molecule has 1 saturated heterocycles. The molecular weight excluding hydrogens is 288 g/mol. The van der Waals surface area contributed by atoms with Gasteiger partial charge in [-0.15, -0.1) is 0 Å². The largest absolute Gasteiger partial charge is 0.508 e. The van der Waals surface area contributed by atoms with E-state index in [-0.39, 0.29) is 29.3 Å². The van der Waals surface area contributed by atoms with Crippen molar-refractivity contribution in [2.24, 2.45) is 0 Å². The standard InChI is InChI=1S/C16H20O6/c1-8-2-3-12(18)14(21-8)7-11-5-9-4-10(17)6-13(19)15(9)16(20)22-11/h4,6,8,11-12,14,17-19H,2-3,5,7H2,1H3/t8-,11-,12-,14-/m1/s1. The summed E-state index contributed by atoms with van der Waals surface area (Å²) in [5, 5.41) is 29.4. The van der Waals surface area contributed by atoms with E-state index < -0.39 is 18.2 Å². The lowest BCUT2D eigenvalue weighted by molar-refractivity contribution is -0.125. The van der Waals surface area contributed by atoms with Crippen LogP contribution in [0.2, 0.25) is 0 Å². The highest BCUT2D eigenvalue weighted by atomic mass is 16.6. The third-order valence-electron chi connectivity index (χ3n) is 4.31. The van der Waals surface area contributed by atoms with Gasteiger partial charge in [-0.1, -0.05) is 0 Å². The maximum Gasteiger partial charge on any atom is 0.342 e. The number of carbonyl (C=O) groups is 1. The van der Waals surface area contributed by atoms with Gasteiger partial charge in [0.1, 0.15) is 23.2 Å². The van der Waals surface area contributed by atoms with Crippen LogP contribution < -0.4 is 0 Å². The van der Waals surface area contributed by atoms with Gasteiger partial charge in [-0.25, -0.2) is 4.79 Å². The SMILES string of the molecule is C[C@@H]1CC[C@@H](O)[C@@H](C[C@H]2Cc3cc(O)cc(O)c3C(=O)O2)O1. The third kappa shape index (κ3) is 2.89. The minimum atomic E-state index is -0.609. The number of aliphatic hydroxyl groups excluding tert-OH is 1. The molecule has 120 valence electrons. The van der Waals surface area contributed by atoms with Crippen molar-refractivity contribution in [1.82, 2.24) is 0 Å². The Labute approximate surface area is 128 Å². The van der Waals surface area contributed by atoms with Crippen molar-refractivity contribution in [3.05, 3.63) is 23.3 Å². The van der Waals surface area contributed by atoms with E-state index in [0.29, 0.717) is 24.8 Å². The Bertz CT molecular complexity index is 584. The van der Waals surface area contributed by atoms with Crippen molar-refractivity contribution < 1.29 is 29.6 Å². The van der Waals surface area contributed by atoms with Crippen LogP contribution in [0.4, 0.5) is 0 Å². The molecular formula is C16H20O6. The van der Waals surface area contributed by atoms with Gasteiger partial charge in [0.25, 0.3) is 0 Å². The maximum atomic E-state index is 12.0. The van der Waals surface area contributed by atoms with Crippen molar-refractivity contribution in [3.63, 3.8) is 0 Å². The van der Waals surface area contributed by atoms with Gasteiger partial charge in [0.15, 0.2) is 0 Å². The van der Waals surface area contributed by atoms with E-state index in [9.17, 15) is 20.1 Å². The molecule has 22 heavy (non-hydrogen) atoms. The summed E-state index contributed by atoms with van der Waals surface area (Å²) >= 11 is 0. The van der Waals surface area contributed by atoms with E-state index in [4.69, 9.17) is 9.47 Å². The average molecular weight is 308 g/mol. The molecule has 2 aliphatic rings. The van der Waals surface area contributed by atoms with Crippen molar-refractivity contribution in [2.75, 3.05) is 0 Å². The lowest BCUT2D eigenvalue weighted by Crippen LogP contribution is -2.42. The lowest BCUT2D eigenvalue weighted by atomic mass is 9.91. The summed E-state index contributed by atoms with van der Waals surface area (Å²) in [6, 6.07) is 2.58. The summed E-state index contributed by atoms with van der Waals surface area (Å²) in [6.07, 6.45) is 0.969. The van der Waals surface area contributed by atoms with E-state index in [1.807, 2.05) is 6.92 Å². The Hall–Kier alpha value is -1.79. The van der Waals surface area contributed by atoms with Crippen molar-refractivity contribution in [3.8, 4) is 11.5 Å². The predicted octanol–water partition coefficient (Wildman–Crippen LogP) is 1.50. The number of hydrogen-bond acceptors (Lipinski definition) is 6. The molecule has 6 heteroatoms. The number of aromatic hydroxyl groups is 2. The van der Waals surface area contributed by atoms with Crippen LogP contribution in [0.25, 0.3) is 0 Å². The fourth-order valence-corrected chi connectivity index (χ4v) is 3.21. The van der Waals surface area contributed by atoms with Crippen LogP contribution in [0.3, 0.4) is 0 Å². The number of benzene rings is 1. The highest BCUT2D eigenvalue weighted by molar-refractivity contribution is 5.95. The van der Waals surface area contributed by atoms with E-state index in [1.165, 1.54) is 6.07 Å². The summed E-state index contributed by atoms with van der Waals surface area (Å²) in [7, 11) is 0. The van der Waals surface area contributed by atoms with Gasteiger partial charge in [-0.2, -0.15) is 0 Å². The maximum absolute atomic E-state index is 12.0. The van der Waals surface area contributed by atoms with Gasteiger partial charge < -0.3 is 24.8 Å². The molecule has 1 aromatic rings. The van der Waals surface area contributed by atoms with E-state index in [2.05, 4.69) is 0 Å². The Morgan fingerprint density at radius 3 is 2.82 bits per heavy atom. The first-order valence-corrected chi connectivity index (χ1v) is 7.53. The quantitative estimate of drug-likeness (QED) is 0.717. The summed E-state index contributed by atoms with van der Waals surface area (Å²) < 4.78 is 11.1. The van der Waals surface area contributed by atoms with Gasteiger partial charge in [0.2, 0.25) is 0 Å². The van der Waals surface area contributed by atoms with Crippen molar-refractivity contribution >= 4 is 5.97 Å². The van der Waals surface area contributed by atoms with Gasteiger partial charge >= 0.3 is 5.97 Å². The van der Waals surface area contributed by atoms with Crippen LogP contribution >= 0.6 is 0 Å². The highest BCUT2D eigenvalue weighted by Gasteiger charge is 2.35. The zero-order chi connectivity index (χ0) is 15.9. The monoisotopic (exact) mass is 308 g/mol. The second-order valence-corrected chi connectivity index (χ2v) is 6.10. The topological polar surface area (TPSA) is 96.2 Å². The van der Waals surface area contributed by atoms with Crippen LogP contribution in [0, 0.1) is 0 Å². The smallest absolute Gasteiger partial charge is 0.342 e. The van der Waals surface area contributed by atoms with Crippen LogP contribution in [0.5, 0.6) is 11.5 Å². The first-order valence-electron chi connectivity index (χ1n) is 7.53. The Kier molecular flexibility index (Phi) is 3.97.